The van der Waals surface area contributed by atoms with E-state index in [1.165, 1.54) is 0 Å². The predicted octanol–water partition coefficient (Wildman–Crippen LogP) is 3.25. The van der Waals surface area contributed by atoms with E-state index in [0.717, 1.165) is 65.3 Å². The van der Waals surface area contributed by atoms with Crippen LogP contribution >= 0.6 is 0 Å². The topological polar surface area (TPSA) is 100 Å². The van der Waals surface area contributed by atoms with Gasteiger partial charge in [-0.15, -0.1) is 0 Å². The van der Waals surface area contributed by atoms with Crippen LogP contribution in [0.25, 0.3) is 27.8 Å². The summed E-state index contributed by atoms with van der Waals surface area (Å²) in [4.78, 5) is 13.6. The summed E-state index contributed by atoms with van der Waals surface area (Å²) in [7, 11) is 3.51. The molecule has 0 bridgehead atoms. The zero-order valence-corrected chi connectivity index (χ0v) is 22.3. The summed E-state index contributed by atoms with van der Waals surface area (Å²) >= 11 is 0. The zero-order chi connectivity index (χ0) is 27.5. The van der Waals surface area contributed by atoms with Crippen molar-refractivity contribution in [1.29, 1.82) is 5.26 Å². The number of anilines is 1. The molecule has 1 fully saturated rings. The molecule has 1 saturated heterocycles. The molecule has 0 aromatic carbocycles. The van der Waals surface area contributed by atoms with Crippen LogP contribution in [0.1, 0.15) is 11.1 Å². The average molecular weight is 530 g/mol. The van der Waals surface area contributed by atoms with Gasteiger partial charge in [0.25, 0.3) is 0 Å². The third kappa shape index (κ3) is 5.08. The van der Waals surface area contributed by atoms with Crippen molar-refractivity contribution in [2.24, 2.45) is 7.05 Å². The zero-order valence-electron chi connectivity index (χ0n) is 22.3. The molecule has 10 nitrogen and oxygen atoms in total. The Bertz CT molecular complexity index is 1760. The molecule has 40 heavy (non-hydrogen) atoms. The SMILES string of the molecule is COc1cncc(C#CCN2CCN(c3ccc(-c4cc(-c5cnn(C)c5)cn5ncc(C#N)c45)cn3)CC2)c1. The van der Waals surface area contributed by atoms with Crippen LogP contribution in [-0.2, 0) is 7.05 Å². The third-order valence-corrected chi connectivity index (χ3v) is 7.01. The van der Waals surface area contributed by atoms with E-state index in [1.54, 1.807) is 34.9 Å². The predicted molar refractivity (Wildman–Crippen MR) is 152 cm³/mol. The molecule has 6 rings (SSSR count). The number of piperazine rings is 1. The monoisotopic (exact) mass is 529 g/mol. The van der Waals surface area contributed by atoms with Gasteiger partial charge in [0.15, 0.2) is 0 Å². The number of ether oxygens (including phenoxy) is 1. The van der Waals surface area contributed by atoms with Crippen molar-refractivity contribution in [2.45, 2.75) is 0 Å². The van der Waals surface area contributed by atoms with Crippen LogP contribution in [0, 0.1) is 23.2 Å². The number of methoxy groups -OCH3 is 1. The Labute approximate surface area is 232 Å². The van der Waals surface area contributed by atoms with Gasteiger partial charge in [-0.2, -0.15) is 15.5 Å². The second kappa shape index (κ2) is 10.9. The van der Waals surface area contributed by atoms with E-state index in [0.29, 0.717) is 17.9 Å². The van der Waals surface area contributed by atoms with Crippen LogP contribution < -0.4 is 9.64 Å². The van der Waals surface area contributed by atoms with Crippen molar-refractivity contribution >= 4 is 11.3 Å². The van der Waals surface area contributed by atoms with Crippen molar-refractivity contribution in [3.63, 3.8) is 0 Å². The van der Waals surface area contributed by atoms with Crippen molar-refractivity contribution < 1.29 is 4.74 Å². The number of fused-ring (bicyclic) bond motifs is 1. The molecule has 0 N–H and O–H groups in total. The highest BCUT2D eigenvalue weighted by atomic mass is 16.5. The normalized spacial score (nSPS) is 13.6. The number of pyridine rings is 3. The second-order valence-corrected chi connectivity index (χ2v) is 9.59. The lowest BCUT2D eigenvalue weighted by molar-refractivity contribution is 0.287. The van der Waals surface area contributed by atoms with Gasteiger partial charge in [0, 0.05) is 85.8 Å². The minimum Gasteiger partial charge on any atom is -0.495 e. The maximum atomic E-state index is 9.70. The van der Waals surface area contributed by atoms with Gasteiger partial charge in [-0.1, -0.05) is 11.8 Å². The molecule has 1 aliphatic rings. The lowest BCUT2D eigenvalue weighted by Crippen LogP contribution is -2.46. The number of rotatable bonds is 5. The first-order valence-electron chi connectivity index (χ1n) is 12.9. The van der Waals surface area contributed by atoms with Gasteiger partial charge in [0.2, 0.25) is 0 Å². The van der Waals surface area contributed by atoms with Crippen LogP contribution in [0.3, 0.4) is 0 Å². The van der Waals surface area contributed by atoms with Gasteiger partial charge in [-0.3, -0.25) is 14.6 Å². The average Bonchev–Trinajstić information content (AvgIpc) is 3.63. The van der Waals surface area contributed by atoms with E-state index in [2.05, 4.69) is 61.1 Å². The van der Waals surface area contributed by atoms with E-state index < -0.39 is 0 Å². The van der Waals surface area contributed by atoms with Crippen LogP contribution in [0.15, 0.2) is 67.6 Å². The summed E-state index contributed by atoms with van der Waals surface area (Å²) in [6.45, 7) is 4.26. The lowest BCUT2D eigenvalue weighted by atomic mass is 10.0. The number of aromatic nitrogens is 6. The lowest BCUT2D eigenvalue weighted by Gasteiger charge is -2.34. The molecule has 0 saturated carbocycles. The summed E-state index contributed by atoms with van der Waals surface area (Å²) in [6, 6.07) is 10.4. The van der Waals surface area contributed by atoms with Gasteiger partial charge in [0.05, 0.1) is 43.3 Å². The highest BCUT2D eigenvalue weighted by molar-refractivity contribution is 5.87. The minimum atomic E-state index is 0.527. The van der Waals surface area contributed by atoms with Crippen molar-refractivity contribution in [3.05, 3.63) is 78.8 Å². The largest absolute Gasteiger partial charge is 0.495 e. The van der Waals surface area contributed by atoms with Gasteiger partial charge in [-0.05, 0) is 24.3 Å². The first-order valence-corrected chi connectivity index (χ1v) is 12.9. The molecule has 0 spiro atoms. The highest BCUT2D eigenvalue weighted by Gasteiger charge is 2.19. The molecule has 5 aromatic rings. The van der Waals surface area contributed by atoms with Crippen LogP contribution in [0.4, 0.5) is 5.82 Å². The maximum Gasteiger partial charge on any atom is 0.138 e. The Morgan fingerprint density at radius 2 is 1.80 bits per heavy atom. The van der Waals surface area contributed by atoms with Crippen LogP contribution in [-0.4, -0.2) is 74.1 Å². The standard InChI is InChI=1S/C30H27N9O/c1-36-20-26(18-34-36)24-13-28(30-25(14-31)17-35-39(30)21-24)23-5-6-29(33-16-23)38-10-8-37(9-11-38)7-3-4-22-12-27(40-2)19-32-15-22/h5-6,12-13,15-21H,7-11H2,1-2H3. The molecule has 5 aromatic heterocycles. The van der Waals surface area contributed by atoms with Crippen molar-refractivity contribution in [2.75, 3.05) is 44.7 Å². The summed E-state index contributed by atoms with van der Waals surface area (Å²) < 4.78 is 8.74. The third-order valence-electron chi connectivity index (χ3n) is 7.01. The van der Waals surface area contributed by atoms with Crippen LogP contribution in [0.5, 0.6) is 5.75 Å². The van der Waals surface area contributed by atoms with E-state index in [9.17, 15) is 5.26 Å². The highest BCUT2D eigenvalue weighted by Crippen LogP contribution is 2.32. The summed E-state index contributed by atoms with van der Waals surface area (Å²) in [5, 5.41) is 18.4. The van der Waals surface area contributed by atoms with Crippen molar-refractivity contribution in [1.82, 2.24) is 34.3 Å². The molecule has 198 valence electrons. The molecule has 0 atom stereocenters. The number of hydrogen-bond acceptors (Lipinski definition) is 8. The van der Waals surface area contributed by atoms with Gasteiger partial charge in [0.1, 0.15) is 17.6 Å². The Kier molecular flexibility index (Phi) is 6.84. The molecule has 6 heterocycles. The van der Waals surface area contributed by atoms with E-state index in [1.807, 2.05) is 37.9 Å². The molecule has 1 aliphatic heterocycles. The number of hydrogen-bond donors (Lipinski definition) is 0. The fourth-order valence-electron chi connectivity index (χ4n) is 4.87. The Morgan fingerprint density at radius 1 is 0.925 bits per heavy atom. The number of nitrogens with zero attached hydrogens (tertiary/aromatic N) is 9. The van der Waals surface area contributed by atoms with E-state index in [-0.39, 0.29) is 0 Å². The first-order chi connectivity index (χ1) is 19.6. The van der Waals surface area contributed by atoms with E-state index in [4.69, 9.17) is 9.72 Å². The first kappa shape index (κ1) is 25.1. The smallest absolute Gasteiger partial charge is 0.138 e. The summed E-state index contributed by atoms with van der Waals surface area (Å²) in [5.41, 5.74) is 5.92. The maximum absolute atomic E-state index is 9.70. The summed E-state index contributed by atoms with van der Waals surface area (Å²) in [5.74, 6) is 8.07. The molecule has 10 heteroatoms. The Morgan fingerprint density at radius 3 is 2.52 bits per heavy atom. The fourth-order valence-corrected chi connectivity index (χ4v) is 4.87. The summed E-state index contributed by atoms with van der Waals surface area (Å²) in [6.07, 6.45) is 12.6. The van der Waals surface area contributed by atoms with E-state index >= 15 is 0 Å². The molecular weight excluding hydrogens is 502 g/mol. The molecular formula is C30H27N9O. The Balaban J connectivity index is 1.17. The fraction of sp³-hybridized carbons (Fsp3) is 0.233. The number of aryl methyl sites for hydroxylation is 1. The van der Waals surface area contributed by atoms with Crippen LogP contribution in [0.2, 0.25) is 0 Å². The minimum absolute atomic E-state index is 0.527. The molecule has 0 aliphatic carbocycles. The molecule has 0 radical (unpaired) electrons. The van der Waals surface area contributed by atoms with Gasteiger partial charge in [-0.25, -0.2) is 9.50 Å². The number of nitriles is 1. The van der Waals surface area contributed by atoms with Crippen molar-refractivity contribution in [3.8, 4) is 45.9 Å². The quantitative estimate of drug-likeness (QED) is 0.320. The molecule has 0 unspecified atom stereocenters. The second-order valence-electron chi connectivity index (χ2n) is 9.59. The molecule has 0 amide bonds. The van der Waals surface area contributed by atoms with Gasteiger partial charge >= 0.3 is 0 Å². The van der Waals surface area contributed by atoms with Gasteiger partial charge < -0.3 is 9.64 Å². The Hall–Kier alpha value is -5.19.